The highest BCUT2D eigenvalue weighted by Crippen LogP contribution is 2.46. The van der Waals surface area contributed by atoms with Gasteiger partial charge in [0, 0.05) is 36.8 Å². The Hall–Kier alpha value is -3.45. The predicted molar refractivity (Wildman–Crippen MR) is 182 cm³/mol. The minimum Gasteiger partial charge on any atom is -0.339 e. The van der Waals surface area contributed by atoms with E-state index in [0.717, 1.165) is 55.2 Å². The van der Waals surface area contributed by atoms with Crippen LogP contribution in [0.1, 0.15) is 78.3 Å². The average molecular weight is 714 g/mol. The van der Waals surface area contributed by atoms with Crippen molar-refractivity contribution in [3.05, 3.63) is 94.3 Å². The summed E-state index contributed by atoms with van der Waals surface area (Å²) < 4.78 is 68.1. The van der Waals surface area contributed by atoms with Gasteiger partial charge in [-0.15, -0.1) is 0 Å². The molecule has 3 atom stereocenters. The molecule has 1 aromatic heterocycles. The minimum atomic E-state index is -4.47. The van der Waals surface area contributed by atoms with Crippen LogP contribution in [0.15, 0.2) is 71.6 Å². The van der Waals surface area contributed by atoms with Crippen molar-refractivity contribution >= 4 is 38.6 Å². The molecule has 49 heavy (non-hydrogen) atoms. The van der Waals surface area contributed by atoms with Gasteiger partial charge in [0.25, 0.3) is 5.91 Å². The van der Waals surface area contributed by atoms with Crippen molar-refractivity contribution in [2.75, 3.05) is 19.6 Å². The summed E-state index contributed by atoms with van der Waals surface area (Å²) in [6.45, 7) is 3.44. The van der Waals surface area contributed by atoms with E-state index in [4.69, 9.17) is 21.7 Å². The Morgan fingerprint density at radius 2 is 1.67 bits per heavy atom. The molecule has 3 aliphatic rings. The Morgan fingerprint density at radius 3 is 2.35 bits per heavy atom. The number of carbonyl (C=O) groups excluding carboxylic acids is 1. The number of alkyl halides is 3. The lowest BCUT2D eigenvalue weighted by atomic mass is 9.69. The normalized spacial score (nSPS) is 22.9. The maximum absolute atomic E-state index is 13.9. The molecule has 4 aromatic rings. The lowest BCUT2D eigenvalue weighted by Gasteiger charge is -2.46. The fourth-order valence-electron chi connectivity index (χ4n) is 8.67. The van der Waals surface area contributed by atoms with E-state index in [-0.39, 0.29) is 21.4 Å². The first-order valence-corrected chi connectivity index (χ1v) is 18.6. The quantitative estimate of drug-likeness (QED) is 0.220. The molecule has 1 amide bonds. The second-order valence-electron chi connectivity index (χ2n) is 13.9. The molecule has 1 unspecified atom stereocenters. The first kappa shape index (κ1) is 34.0. The summed E-state index contributed by atoms with van der Waals surface area (Å²) in [6.07, 6.45) is 1.32. The number of imidazole rings is 1. The van der Waals surface area contributed by atoms with Crippen molar-refractivity contribution in [2.45, 2.75) is 86.5 Å². The third kappa shape index (κ3) is 6.48. The molecule has 3 fully saturated rings. The van der Waals surface area contributed by atoms with E-state index in [1.54, 1.807) is 11.0 Å². The number of sulfonamides is 1. The second kappa shape index (κ2) is 12.7. The lowest BCUT2D eigenvalue weighted by molar-refractivity contribution is -0.137. The van der Waals surface area contributed by atoms with E-state index in [1.165, 1.54) is 30.3 Å². The van der Waals surface area contributed by atoms with Crippen molar-refractivity contribution in [3.8, 4) is 0 Å². The zero-order valence-corrected chi connectivity index (χ0v) is 28.7. The third-order valence-corrected chi connectivity index (χ3v) is 12.5. The van der Waals surface area contributed by atoms with Gasteiger partial charge < -0.3 is 9.47 Å². The summed E-state index contributed by atoms with van der Waals surface area (Å²) in [5.41, 5.74) is 1.69. The summed E-state index contributed by atoms with van der Waals surface area (Å²) in [5, 5.41) is 5.23. The van der Waals surface area contributed by atoms with Crippen LogP contribution in [0, 0.1) is 6.92 Å². The number of para-hydroxylation sites is 2. The molecule has 0 spiro atoms. The number of amides is 1. The summed E-state index contributed by atoms with van der Waals surface area (Å²) in [5.74, 6) is 0.643. The molecule has 0 aliphatic carbocycles. The number of nitrogens with zero attached hydrogens (tertiary/aromatic N) is 4. The third-order valence-electron chi connectivity index (χ3n) is 11.1. The van der Waals surface area contributed by atoms with E-state index in [9.17, 15) is 26.4 Å². The number of hydrogen-bond donors (Lipinski definition) is 1. The molecule has 7 rings (SSSR count). The number of aryl methyl sites for hydroxylation is 1. The van der Waals surface area contributed by atoms with Crippen molar-refractivity contribution in [1.29, 1.82) is 0 Å². The molecular weight excluding hydrogens is 675 g/mol. The summed E-state index contributed by atoms with van der Waals surface area (Å²) in [7, 11) is -4.15. The fourth-order valence-corrected chi connectivity index (χ4v) is 9.74. The highest BCUT2D eigenvalue weighted by atomic mass is 35.5. The Bertz CT molecular complexity index is 1990. The first-order valence-electron chi connectivity index (χ1n) is 16.7. The standard InChI is InChI=1S/C36H39ClF3N5O3S/c1-23-42-31-7-2-3-8-32(31)45(23)29-21-27-10-11-28(22-29)44(27)18-15-35(25-5-4-6-26(20-25)36(38,39)40)13-16-43(17-14-35)34(46)24-9-12-30(37)33(19-24)49(41,47)48/h2-9,12,19-20,27-29H,10-11,13-18,21-22H2,1H3,(H2,41,47,48)/t27-,28+,29?. The van der Waals surface area contributed by atoms with Crippen LogP contribution < -0.4 is 5.14 Å². The van der Waals surface area contributed by atoms with E-state index in [2.05, 4.69) is 22.5 Å². The van der Waals surface area contributed by atoms with Gasteiger partial charge in [-0.05, 0) is 106 Å². The molecule has 0 radical (unpaired) electrons. The average Bonchev–Trinajstić information content (AvgIpc) is 3.53. The highest BCUT2D eigenvalue weighted by molar-refractivity contribution is 7.89. The maximum atomic E-state index is 13.9. The van der Waals surface area contributed by atoms with E-state index < -0.39 is 27.2 Å². The number of halogens is 4. The van der Waals surface area contributed by atoms with Gasteiger partial charge in [0.15, 0.2) is 0 Å². The van der Waals surface area contributed by atoms with Crippen molar-refractivity contribution in [2.24, 2.45) is 5.14 Å². The van der Waals surface area contributed by atoms with Crippen LogP contribution in [0.2, 0.25) is 5.02 Å². The zero-order chi connectivity index (χ0) is 34.7. The molecule has 0 saturated carbocycles. The van der Waals surface area contributed by atoms with E-state index in [1.807, 2.05) is 18.2 Å². The topological polar surface area (TPSA) is 102 Å². The number of rotatable bonds is 7. The van der Waals surface area contributed by atoms with Crippen molar-refractivity contribution in [1.82, 2.24) is 19.4 Å². The number of benzene rings is 3. The monoisotopic (exact) mass is 713 g/mol. The van der Waals surface area contributed by atoms with Gasteiger partial charge in [0.2, 0.25) is 10.0 Å². The van der Waals surface area contributed by atoms with Gasteiger partial charge >= 0.3 is 6.18 Å². The van der Waals surface area contributed by atoms with Crippen LogP contribution in [0.25, 0.3) is 11.0 Å². The first-order chi connectivity index (χ1) is 23.2. The smallest absolute Gasteiger partial charge is 0.339 e. The lowest BCUT2D eigenvalue weighted by Crippen LogP contribution is -2.49. The molecule has 3 aliphatic heterocycles. The van der Waals surface area contributed by atoms with Gasteiger partial charge in [0.1, 0.15) is 10.7 Å². The Kier molecular flexibility index (Phi) is 8.82. The molecule has 3 saturated heterocycles. The molecule has 8 nitrogen and oxygen atoms in total. The Balaban J connectivity index is 1.11. The van der Waals surface area contributed by atoms with E-state index in [0.29, 0.717) is 56.0 Å². The molecule has 260 valence electrons. The molecule has 3 aromatic carbocycles. The second-order valence-corrected chi connectivity index (χ2v) is 15.8. The van der Waals surface area contributed by atoms with Crippen LogP contribution >= 0.6 is 11.6 Å². The van der Waals surface area contributed by atoms with Gasteiger partial charge in [-0.25, -0.2) is 18.5 Å². The van der Waals surface area contributed by atoms with Gasteiger partial charge in [0.05, 0.1) is 21.6 Å². The summed E-state index contributed by atoms with van der Waals surface area (Å²) in [4.78, 5) is 22.2. The van der Waals surface area contributed by atoms with Crippen molar-refractivity contribution in [3.63, 3.8) is 0 Å². The number of hydrogen-bond acceptors (Lipinski definition) is 5. The molecule has 2 bridgehead atoms. The van der Waals surface area contributed by atoms with Crippen molar-refractivity contribution < 1.29 is 26.4 Å². The van der Waals surface area contributed by atoms with Crippen LogP contribution in [-0.2, 0) is 21.6 Å². The van der Waals surface area contributed by atoms with Gasteiger partial charge in [-0.1, -0.05) is 41.9 Å². The van der Waals surface area contributed by atoms with Gasteiger partial charge in [-0.2, -0.15) is 13.2 Å². The number of fused-ring (bicyclic) bond motifs is 3. The number of piperidine rings is 2. The van der Waals surface area contributed by atoms with Crippen LogP contribution in [0.3, 0.4) is 0 Å². The van der Waals surface area contributed by atoms with E-state index >= 15 is 0 Å². The number of likely N-dealkylation sites (tertiary alicyclic amines) is 1. The largest absolute Gasteiger partial charge is 0.416 e. The van der Waals surface area contributed by atoms with Crippen LogP contribution in [-0.4, -0.2) is 65.4 Å². The fraction of sp³-hybridized carbons (Fsp3) is 0.444. The number of nitrogens with two attached hydrogens (primary N) is 1. The number of carbonyl (C=O) groups is 1. The SMILES string of the molecule is Cc1nc2ccccc2n1C1C[C@H]2CC[C@@H](C1)N2CCC1(c2cccc(C(F)(F)F)c2)CCN(C(=O)c2ccc(Cl)c(S(N)(=O)=O)c2)CC1. The number of aromatic nitrogens is 2. The Morgan fingerprint density at radius 1 is 0.980 bits per heavy atom. The summed E-state index contributed by atoms with van der Waals surface area (Å²) in [6, 6.07) is 19.0. The maximum Gasteiger partial charge on any atom is 0.416 e. The predicted octanol–water partition coefficient (Wildman–Crippen LogP) is 7.10. The summed E-state index contributed by atoms with van der Waals surface area (Å²) >= 11 is 6.04. The van der Waals surface area contributed by atoms with Crippen LogP contribution in [0.5, 0.6) is 0 Å². The molecule has 13 heteroatoms. The number of primary sulfonamides is 1. The zero-order valence-electron chi connectivity index (χ0n) is 27.2. The highest BCUT2D eigenvalue weighted by Gasteiger charge is 2.45. The molecule has 4 heterocycles. The molecule has 2 N–H and O–H groups in total. The molecular formula is C36H39ClF3N5O3S. The van der Waals surface area contributed by atoms with Crippen LogP contribution in [0.4, 0.5) is 13.2 Å². The van der Waals surface area contributed by atoms with Gasteiger partial charge in [-0.3, -0.25) is 9.69 Å². The Labute approximate surface area is 289 Å². The minimum absolute atomic E-state index is 0.0761.